The number of nitrogens with one attached hydrogen (secondary N) is 1. The number of piperidine rings is 1. The Bertz CT molecular complexity index is 436. The molecule has 1 aromatic heterocycles. The van der Waals surface area contributed by atoms with E-state index in [1.807, 2.05) is 0 Å². The van der Waals surface area contributed by atoms with Gasteiger partial charge in [0.05, 0.1) is 7.11 Å². The number of hydrogen-bond acceptors (Lipinski definition) is 4. The molecule has 2 rings (SSSR count). The van der Waals surface area contributed by atoms with Crippen LogP contribution >= 0.6 is 0 Å². The van der Waals surface area contributed by atoms with Crippen LogP contribution in [0.25, 0.3) is 0 Å². The fourth-order valence-electron chi connectivity index (χ4n) is 2.26. The number of aromatic nitrogens is 2. The molecule has 1 N–H and O–H groups in total. The maximum absolute atomic E-state index is 11.9. The Hall–Kier alpha value is -1.36. The second-order valence-electron chi connectivity index (χ2n) is 4.55. The third kappa shape index (κ3) is 2.85. The minimum Gasteiger partial charge on any atom is -0.468 e. The molecule has 5 nitrogen and oxygen atoms in total. The summed E-state index contributed by atoms with van der Waals surface area (Å²) in [6.07, 6.45) is 2.32. The van der Waals surface area contributed by atoms with E-state index in [-0.39, 0.29) is 5.56 Å². The van der Waals surface area contributed by atoms with Crippen LogP contribution in [0.1, 0.15) is 18.5 Å². The van der Waals surface area contributed by atoms with Gasteiger partial charge in [-0.25, -0.2) is 4.98 Å². The summed E-state index contributed by atoms with van der Waals surface area (Å²) < 4.78 is 6.81. The lowest BCUT2D eigenvalue weighted by Crippen LogP contribution is -2.35. The standard InChI is InChI=1S/C12H19N3O2/c1-9-6-11(16)15(12(14-9)17-2)8-10-4-3-5-13-7-10/h6,10,13H,3-5,7-8H2,1-2H3. The molecule has 94 valence electrons. The lowest BCUT2D eigenvalue weighted by atomic mass is 10.00. The fraction of sp³-hybridized carbons (Fsp3) is 0.667. The molecule has 0 radical (unpaired) electrons. The van der Waals surface area contributed by atoms with Crippen molar-refractivity contribution >= 4 is 0 Å². The van der Waals surface area contributed by atoms with E-state index in [9.17, 15) is 4.79 Å². The molecule has 1 unspecified atom stereocenters. The van der Waals surface area contributed by atoms with Gasteiger partial charge in [0, 0.05) is 18.3 Å². The second-order valence-corrected chi connectivity index (χ2v) is 4.55. The zero-order chi connectivity index (χ0) is 12.3. The Labute approximate surface area is 101 Å². The van der Waals surface area contributed by atoms with Gasteiger partial charge < -0.3 is 10.1 Å². The van der Waals surface area contributed by atoms with Crippen molar-refractivity contribution in [2.75, 3.05) is 20.2 Å². The van der Waals surface area contributed by atoms with Crippen LogP contribution in [-0.4, -0.2) is 29.8 Å². The SMILES string of the molecule is COc1nc(C)cc(=O)n1CC1CCCNC1. The summed E-state index contributed by atoms with van der Waals surface area (Å²) >= 11 is 0. The number of aryl methyl sites for hydroxylation is 1. The van der Waals surface area contributed by atoms with Crippen molar-refractivity contribution in [2.45, 2.75) is 26.3 Å². The van der Waals surface area contributed by atoms with Gasteiger partial charge in [-0.1, -0.05) is 0 Å². The Morgan fingerprint density at radius 2 is 2.47 bits per heavy atom. The lowest BCUT2D eigenvalue weighted by Gasteiger charge is -2.24. The first-order valence-corrected chi connectivity index (χ1v) is 6.04. The van der Waals surface area contributed by atoms with Gasteiger partial charge in [-0.2, -0.15) is 0 Å². The van der Waals surface area contributed by atoms with E-state index in [0.717, 1.165) is 19.5 Å². The largest absolute Gasteiger partial charge is 0.468 e. The van der Waals surface area contributed by atoms with E-state index >= 15 is 0 Å². The van der Waals surface area contributed by atoms with E-state index in [2.05, 4.69) is 10.3 Å². The summed E-state index contributed by atoms with van der Waals surface area (Å²) in [5.41, 5.74) is 0.671. The van der Waals surface area contributed by atoms with Crippen molar-refractivity contribution in [1.82, 2.24) is 14.9 Å². The van der Waals surface area contributed by atoms with Crippen LogP contribution in [0.3, 0.4) is 0 Å². The predicted octanol–water partition coefficient (Wildman–Crippen LogP) is 0.560. The fourth-order valence-corrected chi connectivity index (χ4v) is 2.26. The Morgan fingerprint density at radius 3 is 3.12 bits per heavy atom. The van der Waals surface area contributed by atoms with Crippen molar-refractivity contribution in [3.8, 4) is 6.01 Å². The molecule has 1 saturated heterocycles. The minimum atomic E-state index is -0.0278. The third-order valence-corrected chi connectivity index (χ3v) is 3.12. The predicted molar refractivity (Wildman–Crippen MR) is 65.4 cm³/mol. The Balaban J connectivity index is 2.21. The first-order valence-electron chi connectivity index (χ1n) is 6.04. The molecule has 0 bridgehead atoms. The van der Waals surface area contributed by atoms with Gasteiger partial charge in [0.2, 0.25) is 0 Å². The second kappa shape index (κ2) is 5.31. The van der Waals surface area contributed by atoms with Crippen LogP contribution < -0.4 is 15.6 Å². The van der Waals surface area contributed by atoms with Crippen molar-refractivity contribution < 1.29 is 4.74 Å². The molecule has 17 heavy (non-hydrogen) atoms. The zero-order valence-corrected chi connectivity index (χ0v) is 10.4. The van der Waals surface area contributed by atoms with Gasteiger partial charge in [-0.05, 0) is 38.8 Å². The first kappa shape index (κ1) is 12.1. The summed E-state index contributed by atoms with van der Waals surface area (Å²) in [5.74, 6) is 0.486. The third-order valence-electron chi connectivity index (χ3n) is 3.12. The molecule has 0 spiro atoms. The van der Waals surface area contributed by atoms with Crippen LogP contribution in [0, 0.1) is 12.8 Å². The van der Waals surface area contributed by atoms with Crippen molar-refractivity contribution in [1.29, 1.82) is 0 Å². The van der Waals surface area contributed by atoms with Crippen LogP contribution in [0.5, 0.6) is 6.01 Å². The highest BCUT2D eigenvalue weighted by Gasteiger charge is 2.16. The smallest absolute Gasteiger partial charge is 0.299 e. The molecule has 0 amide bonds. The number of nitrogens with zero attached hydrogens (tertiary/aromatic N) is 2. The van der Waals surface area contributed by atoms with E-state index in [4.69, 9.17) is 4.74 Å². The number of rotatable bonds is 3. The topological polar surface area (TPSA) is 56.1 Å². The summed E-state index contributed by atoms with van der Waals surface area (Å²) in [5, 5.41) is 3.35. The maximum atomic E-state index is 11.9. The molecule has 2 heterocycles. The number of methoxy groups -OCH3 is 1. The van der Waals surface area contributed by atoms with Gasteiger partial charge in [-0.15, -0.1) is 0 Å². The molecule has 0 saturated carbocycles. The van der Waals surface area contributed by atoms with Gasteiger partial charge >= 0.3 is 0 Å². The molecule has 1 fully saturated rings. The summed E-state index contributed by atoms with van der Waals surface area (Å²) in [7, 11) is 1.55. The highest BCUT2D eigenvalue weighted by molar-refractivity contribution is 5.06. The van der Waals surface area contributed by atoms with Crippen molar-refractivity contribution in [3.63, 3.8) is 0 Å². The molecule has 0 aliphatic carbocycles. The lowest BCUT2D eigenvalue weighted by molar-refractivity contribution is 0.291. The first-order chi connectivity index (χ1) is 8.20. The quantitative estimate of drug-likeness (QED) is 0.834. The molecule has 1 atom stereocenters. The Kier molecular flexibility index (Phi) is 3.78. The van der Waals surface area contributed by atoms with E-state index in [1.165, 1.54) is 6.42 Å². The van der Waals surface area contributed by atoms with Gasteiger partial charge in [0.25, 0.3) is 11.6 Å². The summed E-state index contributed by atoms with van der Waals surface area (Å²) in [4.78, 5) is 16.2. The molecule has 1 aliphatic rings. The van der Waals surface area contributed by atoms with Crippen LogP contribution in [0.15, 0.2) is 10.9 Å². The molecule has 5 heteroatoms. The molecule has 0 aromatic carbocycles. The molecule has 1 aromatic rings. The highest BCUT2D eigenvalue weighted by atomic mass is 16.5. The normalized spacial score (nSPS) is 20.2. The zero-order valence-electron chi connectivity index (χ0n) is 10.4. The highest BCUT2D eigenvalue weighted by Crippen LogP contribution is 2.14. The maximum Gasteiger partial charge on any atom is 0.299 e. The van der Waals surface area contributed by atoms with Crippen LogP contribution in [0.4, 0.5) is 0 Å². The summed E-state index contributed by atoms with van der Waals surface area (Å²) in [6, 6.07) is 1.97. The van der Waals surface area contributed by atoms with Crippen LogP contribution in [-0.2, 0) is 6.54 Å². The van der Waals surface area contributed by atoms with E-state index < -0.39 is 0 Å². The average molecular weight is 237 g/mol. The van der Waals surface area contributed by atoms with Gasteiger partial charge in [0.1, 0.15) is 0 Å². The van der Waals surface area contributed by atoms with Gasteiger partial charge in [-0.3, -0.25) is 9.36 Å². The van der Waals surface area contributed by atoms with Crippen molar-refractivity contribution in [3.05, 3.63) is 22.1 Å². The van der Waals surface area contributed by atoms with Gasteiger partial charge in [0.15, 0.2) is 0 Å². The molecular weight excluding hydrogens is 218 g/mol. The Morgan fingerprint density at radius 1 is 1.65 bits per heavy atom. The molecule has 1 aliphatic heterocycles. The number of hydrogen-bond donors (Lipinski definition) is 1. The van der Waals surface area contributed by atoms with Crippen LogP contribution in [0.2, 0.25) is 0 Å². The van der Waals surface area contributed by atoms with E-state index in [1.54, 1.807) is 24.7 Å². The molecular formula is C12H19N3O2. The monoisotopic (exact) mass is 237 g/mol. The summed E-state index contributed by atoms with van der Waals surface area (Å²) in [6.45, 7) is 4.52. The average Bonchev–Trinajstić information content (AvgIpc) is 2.33. The number of ether oxygens (including phenoxy) is 1. The minimum absolute atomic E-state index is 0.0278. The van der Waals surface area contributed by atoms with E-state index in [0.29, 0.717) is 24.2 Å². The van der Waals surface area contributed by atoms with Crippen molar-refractivity contribution in [2.24, 2.45) is 5.92 Å².